The van der Waals surface area contributed by atoms with Gasteiger partial charge >= 0.3 is 12.1 Å². The molecule has 1 aliphatic carbocycles. The number of fused-ring (bicyclic) bond motifs is 2. The van der Waals surface area contributed by atoms with Crippen LogP contribution in [0.15, 0.2) is 24.4 Å². The van der Waals surface area contributed by atoms with Crippen molar-refractivity contribution in [2.24, 2.45) is 0 Å². The molecule has 0 bridgehead atoms. The van der Waals surface area contributed by atoms with E-state index in [1.807, 2.05) is 25.1 Å². The average Bonchev–Trinajstić information content (AvgIpc) is 2.75. The Bertz CT molecular complexity index is 1190. The third-order valence-corrected chi connectivity index (χ3v) is 6.28. The summed E-state index contributed by atoms with van der Waals surface area (Å²) in [5.41, 5.74) is 5.77. The van der Waals surface area contributed by atoms with E-state index in [0.29, 0.717) is 28.0 Å². The van der Waals surface area contributed by atoms with E-state index in [1.165, 1.54) is 0 Å². The molecule has 0 fully saturated rings. The molecule has 0 radical (unpaired) electrons. The molecular formula is C25H26F3N3O2. The molecular weight excluding hydrogens is 431 g/mol. The summed E-state index contributed by atoms with van der Waals surface area (Å²) in [6, 6.07) is 5.75. The molecule has 1 atom stereocenters. The van der Waals surface area contributed by atoms with Crippen LogP contribution in [0.2, 0.25) is 0 Å². The van der Waals surface area contributed by atoms with Gasteiger partial charge < -0.3 is 5.11 Å². The molecule has 0 aromatic carbocycles. The number of halogens is 3. The molecule has 8 heteroatoms. The van der Waals surface area contributed by atoms with E-state index >= 15 is 0 Å². The van der Waals surface area contributed by atoms with Crippen LogP contribution in [0, 0.1) is 13.8 Å². The number of carboxylic acid groups (broad SMARTS) is 1. The summed E-state index contributed by atoms with van der Waals surface area (Å²) in [6.07, 6.45) is -0.174. The Labute approximate surface area is 190 Å². The second-order valence-corrected chi connectivity index (χ2v) is 8.74. The van der Waals surface area contributed by atoms with Crippen LogP contribution in [0.3, 0.4) is 0 Å². The summed E-state index contributed by atoms with van der Waals surface area (Å²) in [6.45, 7) is 3.57. The van der Waals surface area contributed by atoms with Crippen molar-refractivity contribution in [1.29, 1.82) is 0 Å². The monoisotopic (exact) mass is 457 g/mol. The van der Waals surface area contributed by atoms with Crippen LogP contribution in [-0.2, 0) is 17.6 Å². The molecule has 0 amide bonds. The number of alkyl halides is 3. The van der Waals surface area contributed by atoms with Crippen molar-refractivity contribution in [3.05, 3.63) is 52.6 Å². The van der Waals surface area contributed by atoms with Gasteiger partial charge in [0.2, 0.25) is 0 Å². The zero-order valence-corrected chi connectivity index (χ0v) is 18.7. The topological polar surface area (TPSA) is 76.0 Å². The van der Waals surface area contributed by atoms with Gasteiger partial charge in [-0.15, -0.1) is 0 Å². The highest BCUT2D eigenvalue weighted by Gasteiger charge is 2.31. The third kappa shape index (κ3) is 4.99. The van der Waals surface area contributed by atoms with Crippen molar-refractivity contribution in [1.82, 2.24) is 15.0 Å². The van der Waals surface area contributed by atoms with Gasteiger partial charge in [0.1, 0.15) is 0 Å². The number of carbonyl (C=O) groups is 1. The van der Waals surface area contributed by atoms with Crippen LogP contribution in [0.5, 0.6) is 0 Å². The van der Waals surface area contributed by atoms with Crippen molar-refractivity contribution in [3.63, 3.8) is 0 Å². The lowest BCUT2D eigenvalue weighted by Gasteiger charge is -2.23. The summed E-state index contributed by atoms with van der Waals surface area (Å²) in [7, 11) is 0. The SMILES string of the molecule is Cc1ccc(-c2c(C(CCCC(F)(F)F)C(=O)O)c(C)nc3nc4c(cc23)CCCC4)cn1. The van der Waals surface area contributed by atoms with Crippen molar-refractivity contribution < 1.29 is 23.1 Å². The predicted octanol–water partition coefficient (Wildman–Crippen LogP) is 6.09. The maximum absolute atomic E-state index is 12.8. The van der Waals surface area contributed by atoms with Crippen LogP contribution < -0.4 is 0 Å². The molecule has 1 unspecified atom stereocenters. The Hall–Kier alpha value is -3.03. The first-order chi connectivity index (χ1) is 15.6. The second kappa shape index (κ2) is 9.08. The lowest BCUT2D eigenvalue weighted by atomic mass is 9.84. The number of hydrogen-bond acceptors (Lipinski definition) is 4. The maximum atomic E-state index is 12.8. The fourth-order valence-corrected chi connectivity index (χ4v) is 4.69. The van der Waals surface area contributed by atoms with Gasteiger partial charge in [0.15, 0.2) is 5.65 Å². The number of aromatic nitrogens is 3. The first kappa shape index (κ1) is 23.1. The molecule has 5 nitrogen and oxygen atoms in total. The van der Waals surface area contributed by atoms with Gasteiger partial charge in [0, 0.05) is 46.2 Å². The maximum Gasteiger partial charge on any atom is 0.389 e. The van der Waals surface area contributed by atoms with Crippen LogP contribution in [0.25, 0.3) is 22.2 Å². The van der Waals surface area contributed by atoms with Gasteiger partial charge in [-0.1, -0.05) is 6.07 Å². The first-order valence-corrected chi connectivity index (χ1v) is 11.2. The lowest BCUT2D eigenvalue weighted by molar-refractivity contribution is -0.142. The number of aliphatic carboxylic acids is 1. The van der Waals surface area contributed by atoms with E-state index in [-0.39, 0.29) is 12.8 Å². The minimum Gasteiger partial charge on any atom is -0.481 e. The quantitative estimate of drug-likeness (QED) is 0.485. The highest BCUT2D eigenvalue weighted by Crippen LogP contribution is 2.40. The van der Waals surface area contributed by atoms with Gasteiger partial charge in [-0.05, 0) is 75.6 Å². The average molecular weight is 457 g/mol. The summed E-state index contributed by atoms with van der Waals surface area (Å²) >= 11 is 0. The highest BCUT2D eigenvalue weighted by atomic mass is 19.4. The van der Waals surface area contributed by atoms with E-state index in [0.717, 1.165) is 48.0 Å². The van der Waals surface area contributed by atoms with Gasteiger partial charge in [0.05, 0.1) is 5.92 Å². The van der Waals surface area contributed by atoms with E-state index < -0.39 is 24.5 Å². The molecule has 1 N–H and O–H groups in total. The Morgan fingerprint density at radius 2 is 1.91 bits per heavy atom. The van der Waals surface area contributed by atoms with Crippen LogP contribution in [0.4, 0.5) is 13.2 Å². The second-order valence-electron chi connectivity index (χ2n) is 8.74. The standard InChI is InChI=1S/C25H26F3N3O2/c1-14-9-10-17(13-29-14)22-19-12-16-6-3-4-8-20(16)31-23(19)30-15(2)21(22)18(24(32)33)7-5-11-25(26,27)28/h9-10,12-13,18H,3-8,11H2,1-2H3,(H,32,33). The lowest BCUT2D eigenvalue weighted by Crippen LogP contribution is -2.17. The molecule has 0 aliphatic heterocycles. The van der Waals surface area contributed by atoms with E-state index in [9.17, 15) is 23.1 Å². The molecule has 1 aliphatic rings. The normalized spacial score (nSPS) is 14.8. The molecule has 33 heavy (non-hydrogen) atoms. The number of nitrogens with zero attached hydrogens (tertiary/aromatic N) is 3. The Morgan fingerprint density at radius 1 is 1.15 bits per heavy atom. The number of rotatable bonds is 6. The van der Waals surface area contributed by atoms with E-state index in [2.05, 4.69) is 9.97 Å². The Kier molecular flexibility index (Phi) is 6.36. The Morgan fingerprint density at radius 3 is 2.58 bits per heavy atom. The molecule has 3 heterocycles. The summed E-state index contributed by atoms with van der Waals surface area (Å²) in [5.74, 6) is -2.27. The van der Waals surface area contributed by atoms with Crippen LogP contribution >= 0.6 is 0 Å². The summed E-state index contributed by atoms with van der Waals surface area (Å²) < 4.78 is 38.3. The Balaban J connectivity index is 1.93. The van der Waals surface area contributed by atoms with Crippen molar-refractivity contribution in [3.8, 4) is 11.1 Å². The predicted molar refractivity (Wildman–Crippen MR) is 119 cm³/mol. The number of carboxylic acids is 1. The minimum absolute atomic E-state index is 0.131. The fourth-order valence-electron chi connectivity index (χ4n) is 4.69. The van der Waals surface area contributed by atoms with Crippen molar-refractivity contribution in [2.45, 2.75) is 70.9 Å². The molecule has 0 saturated heterocycles. The van der Waals surface area contributed by atoms with Gasteiger partial charge in [-0.2, -0.15) is 13.2 Å². The van der Waals surface area contributed by atoms with Gasteiger partial charge in [-0.3, -0.25) is 9.78 Å². The minimum atomic E-state index is -4.33. The van der Waals surface area contributed by atoms with Crippen molar-refractivity contribution >= 4 is 17.0 Å². The van der Waals surface area contributed by atoms with E-state index in [4.69, 9.17) is 4.98 Å². The summed E-state index contributed by atoms with van der Waals surface area (Å²) in [4.78, 5) is 26.1. The van der Waals surface area contributed by atoms with Gasteiger partial charge in [-0.25, -0.2) is 9.97 Å². The molecule has 3 aromatic rings. The third-order valence-electron chi connectivity index (χ3n) is 6.28. The molecule has 4 rings (SSSR count). The smallest absolute Gasteiger partial charge is 0.389 e. The number of aryl methyl sites for hydroxylation is 4. The van der Waals surface area contributed by atoms with Crippen molar-refractivity contribution in [2.75, 3.05) is 0 Å². The van der Waals surface area contributed by atoms with E-state index in [1.54, 1.807) is 13.1 Å². The zero-order chi connectivity index (χ0) is 23.8. The molecule has 0 spiro atoms. The largest absolute Gasteiger partial charge is 0.481 e. The first-order valence-electron chi connectivity index (χ1n) is 11.2. The molecule has 174 valence electrons. The number of pyridine rings is 3. The van der Waals surface area contributed by atoms with Crippen LogP contribution in [0.1, 0.15) is 66.2 Å². The summed E-state index contributed by atoms with van der Waals surface area (Å²) in [5, 5.41) is 10.7. The highest BCUT2D eigenvalue weighted by molar-refractivity contribution is 5.97. The zero-order valence-electron chi connectivity index (χ0n) is 18.7. The fraction of sp³-hybridized carbons (Fsp3) is 0.440. The number of hydrogen-bond donors (Lipinski definition) is 1. The van der Waals surface area contributed by atoms with Gasteiger partial charge in [0.25, 0.3) is 0 Å². The van der Waals surface area contributed by atoms with Crippen LogP contribution in [-0.4, -0.2) is 32.2 Å². The molecule has 0 saturated carbocycles. The molecule has 3 aromatic heterocycles.